The summed E-state index contributed by atoms with van der Waals surface area (Å²) in [7, 11) is 0. The van der Waals surface area contributed by atoms with E-state index in [1.165, 1.54) is 0 Å². The zero-order valence-electron chi connectivity index (χ0n) is 10.4. The summed E-state index contributed by atoms with van der Waals surface area (Å²) in [6.45, 7) is -2.32. The number of hydrogen-bond acceptors (Lipinski definition) is 3. The van der Waals surface area contributed by atoms with E-state index in [0.717, 1.165) is 12.1 Å². The smallest absolute Gasteiger partial charge is 0.330 e. The van der Waals surface area contributed by atoms with Crippen LogP contribution in [0.3, 0.4) is 0 Å². The normalized spacial score (nSPS) is 13.8. The number of ether oxygens (including phenoxy) is 1. The predicted octanol–water partition coefficient (Wildman–Crippen LogP) is 3.15. The molecule has 1 rings (SSSR count). The molecule has 21 heavy (non-hydrogen) atoms. The number of nitrogens with two attached hydrogens (primary N) is 1. The molecule has 1 aromatic rings. The first-order chi connectivity index (χ1) is 9.70. The Kier molecular flexibility index (Phi) is 6.44. The Hall–Kier alpha value is -0.840. The van der Waals surface area contributed by atoms with Crippen molar-refractivity contribution in [1.29, 1.82) is 0 Å². The highest BCUT2D eigenvalue weighted by Crippen LogP contribution is 2.28. The van der Waals surface area contributed by atoms with E-state index in [2.05, 4.69) is 20.7 Å². The predicted molar refractivity (Wildman–Crippen MR) is 65.9 cm³/mol. The molecule has 0 aliphatic rings. The van der Waals surface area contributed by atoms with Gasteiger partial charge in [-0.15, -0.1) is 0 Å². The lowest BCUT2D eigenvalue weighted by Gasteiger charge is -2.20. The minimum Gasteiger partial charge on any atom is -0.373 e. The SMILES string of the molecule is NNC(COCC(F)(F)C(F)F)c1c(F)ccc(Br)c1F. The molecule has 0 heterocycles. The molecular weight excluding hydrogens is 370 g/mol. The fourth-order valence-electron chi connectivity index (χ4n) is 1.45. The van der Waals surface area contributed by atoms with E-state index >= 15 is 0 Å². The van der Waals surface area contributed by atoms with Crippen LogP contribution in [0, 0.1) is 11.6 Å². The summed E-state index contributed by atoms with van der Waals surface area (Å²) >= 11 is 2.83. The molecule has 120 valence electrons. The lowest BCUT2D eigenvalue weighted by Crippen LogP contribution is -2.37. The maximum atomic E-state index is 13.8. The standard InChI is InChI=1S/C11H11BrF6N2O/c12-5-1-2-6(13)8(9(5)14)7(20-19)3-21-4-11(17,18)10(15)16/h1-2,7,10,20H,3-4,19H2. The van der Waals surface area contributed by atoms with Gasteiger partial charge in [0.15, 0.2) is 0 Å². The maximum absolute atomic E-state index is 13.8. The van der Waals surface area contributed by atoms with E-state index in [4.69, 9.17) is 5.84 Å². The first-order valence-corrected chi connectivity index (χ1v) is 6.33. The number of hydrogen-bond donors (Lipinski definition) is 2. The largest absolute Gasteiger partial charge is 0.373 e. The van der Waals surface area contributed by atoms with Crippen LogP contribution in [0.2, 0.25) is 0 Å². The first kappa shape index (κ1) is 18.2. The second-order valence-electron chi connectivity index (χ2n) is 4.05. The van der Waals surface area contributed by atoms with Crippen LogP contribution in [0.1, 0.15) is 11.6 Å². The van der Waals surface area contributed by atoms with Crippen LogP contribution in [0.5, 0.6) is 0 Å². The van der Waals surface area contributed by atoms with Crippen LogP contribution in [-0.4, -0.2) is 25.6 Å². The molecule has 3 nitrogen and oxygen atoms in total. The maximum Gasteiger partial charge on any atom is 0.330 e. The summed E-state index contributed by atoms with van der Waals surface area (Å²) in [5.74, 6) is -1.25. The van der Waals surface area contributed by atoms with Crippen molar-refractivity contribution in [1.82, 2.24) is 5.43 Å². The molecule has 10 heteroatoms. The van der Waals surface area contributed by atoms with Crippen LogP contribution in [-0.2, 0) is 4.74 Å². The molecule has 0 saturated carbocycles. The van der Waals surface area contributed by atoms with Crippen molar-refractivity contribution < 1.29 is 31.1 Å². The molecule has 0 bridgehead atoms. The number of alkyl halides is 4. The van der Waals surface area contributed by atoms with Crippen molar-refractivity contribution in [3.05, 3.63) is 33.8 Å². The summed E-state index contributed by atoms with van der Waals surface area (Å²) in [6, 6.07) is 0.713. The molecule has 1 aromatic carbocycles. The van der Waals surface area contributed by atoms with Crippen LogP contribution < -0.4 is 11.3 Å². The highest BCUT2D eigenvalue weighted by Gasteiger charge is 2.41. The van der Waals surface area contributed by atoms with Gasteiger partial charge in [0.05, 0.1) is 17.1 Å². The second-order valence-corrected chi connectivity index (χ2v) is 4.91. The molecule has 0 spiro atoms. The van der Waals surface area contributed by atoms with Gasteiger partial charge in [0.2, 0.25) is 0 Å². The van der Waals surface area contributed by atoms with Crippen molar-refractivity contribution >= 4 is 15.9 Å². The van der Waals surface area contributed by atoms with Gasteiger partial charge in [-0.3, -0.25) is 11.3 Å². The fraction of sp³-hybridized carbons (Fsp3) is 0.455. The molecule has 1 atom stereocenters. The molecule has 0 aromatic heterocycles. The van der Waals surface area contributed by atoms with Gasteiger partial charge in [0.25, 0.3) is 0 Å². The summed E-state index contributed by atoms with van der Waals surface area (Å²) in [6.07, 6.45) is -3.90. The van der Waals surface area contributed by atoms with Gasteiger partial charge in [-0.2, -0.15) is 8.78 Å². The van der Waals surface area contributed by atoms with E-state index in [9.17, 15) is 26.3 Å². The Morgan fingerprint density at radius 3 is 2.43 bits per heavy atom. The van der Waals surface area contributed by atoms with Crippen LogP contribution in [0.15, 0.2) is 16.6 Å². The van der Waals surface area contributed by atoms with Gasteiger partial charge in [-0.1, -0.05) is 0 Å². The summed E-state index contributed by atoms with van der Waals surface area (Å²) in [5, 5.41) is 0. The summed E-state index contributed by atoms with van der Waals surface area (Å²) in [5.41, 5.74) is 1.44. The highest BCUT2D eigenvalue weighted by atomic mass is 79.9. The van der Waals surface area contributed by atoms with Crippen molar-refractivity contribution in [2.24, 2.45) is 5.84 Å². The van der Waals surface area contributed by atoms with Gasteiger partial charge in [0, 0.05) is 5.56 Å². The highest BCUT2D eigenvalue weighted by molar-refractivity contribution is 9.10. The van der Waals surface area contributed by atoms with E-state index in [-0.39, 0.29) is 4.47 Å². The Labute approximate surface area is 124 Å². The van der Waals surface area contributed by atoms with Crippen molar-refractivity contribution in [2.75, 3.05) is 13.2 Å². The molecule has 0 amide bonds. The zero-order chi connectivity index (χ0) is 16.2. The van der Waals surface area contributed by atoms with Crippen LogP contribution in [0.25, 0.3) is 0 Å². The van der Waals surface area contributed by atoms with Gasteiger partial charge < -0.3 is 4.74 Å². The Bertz CT molecular complexity index is 488. The summed E-state index contributed by atoms with van der Waals surface area (Å²) < 4.78 is 80.8. The third kappa shape index (κ3) is 4.56. The van der Waals surface area contributed by atoms with Gasteiger partial charge in [-0.25, -0.2) is 17.6 Å². The molecule has 1 unspecified atom stereocenters. The molecule has 0 aliphatic heterocycles. The lowest BCUT2D eigenvalue weighted by atomic mass is 10.1. The number of rotatable bonds is 7. The molecule has 0 fully saturated rings. The minimum absolute atomic E-state index is 0.0722. The third-order valence-electron chi connectivity index (χ3n) is 2.53. The number of halogens is 7. The summed E-state index contributed by atoms with van der Waals surface area (Å²) in [4.78, 5) is 0. The van der Waals surface area contributed by atoms with Crippen molar-refractivity contribution in [3.8, 4) is 0 Å². The van der Waals surface area contributed by atoms with Crippen LogP contribution >= 0.6 is 15.9 Å². The van der Waals surface area contributed by atoms with E-state index < -0.39 is 48.8 Å². The molecule has 3 N–H and O–H groups in total. The first-order valence-electron chi connectivity index (χ1n) is 5.54. The van der Waals surface area contributed by atoms with E-state index in [1.54, 1.807) is 0 Å². The number of nitrogens with one attached hydrogen (secondary N) is 1. The Balaban J connectivity index is 2.80. The average Bonchev–Trinajstić information content (AvgIpc) is 2.41. The zero-order valence-corrected chi connectivity index (χ0v) is 11.9. The van der Waals surface area contributed by atoms with Crippen molar-refractivity contribution in [3.63, 3.8) is 0 Å². The van der Waals surface area contributed by atoms with Gasteiger partial charge in [0.1, 0.15) is 18.2 Å². The molecule has 0 radical (unpaired) electrons. The van der Waals surface area contributed by atoms with E-state index in [0.29, 0.717) is 0 Å². The number of benzene rings is 1. The second kappa shape index (κ2) is 7.43. The van der Waals surface area contributed by atoms with E-state index in [1.807, 2.05) is 5.43 Å². The quantitative estimate of drug-likeness (QED) is 0.330. The molecule has 0 aliphatic carbocycles. The monoisotopic (exact) mass is 380 g/mol. The minimum atomic E-state index is -4.35. The fourth-order valence-corrected chi connectivity index (χ4v) is 1.80. The van der Waals surface area contributed by atoms with Gasteiger partial charge >= 0.3 is 12.3 Å². The van der Waals surface area contributed by atoms with Crippen LogP contribution in [0.4, 0.5) is 26.3 Å². The van der Waals surface area contributed by atoms with Crippen molar-refractivity contribution in [2.45, 2.75) is 18.4 Å². The van der Waals surface area contributed by atoms with Gasteiger partial charge in [-0.05, 0) is 28.1 Å². The topological polar surface area (TPSA) is 47.3 Å². The number of hydrazine groups is 1. The Morgan fingerprint density at radius 2 is 1.90 bits per heavy atom. The molecule has 0 saturated heterocycles. The third-order valence-corrected chi connectivity index (χ3v) is 3.14. The average molecular weight is 381 g/mol. The lowest BCUT2D eigenvalue weighted by molar-refractivity contribution is -0.167. The molecular formula is C11H11BrF6N2O. The Morgan fingerprint density at radius 1 is 1.29 bits per heavy atom.